The number of aldehydes is 1. The topological polar surface area (TPSA) is 60.9 Å². The van der Waals surface area contributed by atoms with Crippen LogP contribution in [0.3, 0.4) is 0 Å². The maximum Gasteiger partial charge on any atom is 0.150 e. The second kappa shape index (κ2) is 3.57. The Labute approximate surface area is 87.3 Å². The summed E-state index contributed by atoms with van der Waals surface area (Å²) in [5, 5.41) is 4.06. The zero-order valence-electron chi connectivity index (χ0n) is 8.34. The number of hydrogen-bond donors (Lipinski definition) is 1. The van der Waals surface area contributed by atoms with Crippen molar-refractivity contribution in [2.24, 2.45) is 7.05 Å². The molecule has 2 rings (SSSR count). The van der Waals surface area contributed by atoms with Crippen molar-refractivity contribution in [3.05, 3.63) is 36.0 Å². The van der Waals surface area contributed by atoms with E-state index in [9.17, 15) is 4.79 Å². The van der Waals surface area contributed by atoms with Gasteiger partial charge in [-0.05, 0) is 0 Å². The van der Waals surface area contributed by atoms with Gasteiger partial charge in [0.2, 0.25) is 0 Å². The fourth-order valence-corrected chi connectivity index (χ4v) is 1.53. The van der Waals surface area contributed by atoms with Gasteiger partial charge in [0, 0.05) is 18.2 Å². The number of rotatable bonds is 2. The molecule has 1 aromatic carbocycles. The summed E-state index contributed by atoms with van der Waals surface area (Å²) in [4.78, 5) is 10.5. The highest BCUT2D eigenvalue weighted by Crippen LogP contribution is 2.24. The standard InChI is InChI=1S/C11H11N3O/c1-14-11(10(12)6-13-14)9-4-2-8(7-15)3-5-9/h2-7H,12H2,1H3. The Balaban J connectivity index is 2.50. The number of aryl methyl sites for hydroxylation is 1. The van der Waals surface area contributed by atoms with Crippen LogP contribution >= 0.6 is 0 Å². The fourth-order valence-electron chi connectivity index (χ4n) is 1.53. The van der Waals surface area contributed by atoms with Crippen LogP contribution in [0.4, 0.5) is 5.69 Å². The summed E-state index contributed by atoms with van der Waals surface area (Å²) >= 11 is 0. The maximum atomic E-state index is 10.5. The summed E-state index contributed by atoms with van der Waals surface area (Å²) in [6, 6.07) is 7.23. The van der Waals surface area contributed by atoms with Crippen molar-refractivity contribution in [3.63, 3.8) is 0 Å². The van der Waals surface area contributed by atoms with Crippen LogP contribution in [0.1, 0.15) is 10.4 Å². The largest absolute Gasteiger partial charge is 0.396 e. The van der Waals surface area contributed by atoms with Gasteiger partial charge in [0.25, 0.3) is 0 Å². The molecule has 0 radical (unpaired) electrons. The van der Waals surface area contributed by atoms with Crippen LogP contribution in [0.2, 0.25) is 0 Å². The number of nitrogens with zero attached hydrogens (tertiary/aromatic N) is 2. The lowest BCUT2D eigenvalue weighted by atomic mass is 10.1. The molecule has 15 heavy (non-hydrogen) atoms. The molecule has 4 heteroatoms. The zero-order chi connectivity index (χ0) is 10.8. The smallest absolute Gasteiger partial charge is 0.150 e. The summed E-state index contributed by atoms with van der Waals surface area (Å²) in [6.45, 7) is 0. The van der Waals surface area contributed by atoms with Gasteiger partial charge in [-0.2, -0.15) is 5.10 Å². The lowest BCUT2D eigenvalue weighted by Gasteiger charge is -2.03. The van der Waals surface area contributed by atoms with Gasteiger partial charge in [0.15, 0.2) is 0 Å². The van der Waals surface area contributed by atoms with Gasteiger partial charge in [-0.1, -0.05) is 24.3 Å². The molecule has 0 unspecified atom stereocenters. The van der Waals surface area contributed by atoms with Gasteiger partial charge in [-0.25, -0.2) is 0 Å². The molecule has 0 fully saturated rings. The molecule has 1 aromatic heterocycles. The second-order valence-electron chi connectivity index (χ2n) is 3.31. The highest BCUT2D eigenvalue weighted by Gasteiger charge is 2.07. The molecule has 2 aromatic rings. The number of benzene rings is 1. The summed E-state index contributed by atoms with van der Waals surface area (Å²) in [5.41, 5.74) is 8.90. The third kappa shape index (κ3) is 1.61. The minimum atomic E-state index is 0.636. The van der Waals surface area contributed by atoms with Crippen LogP contribution in [0.5, 0.6) is 0 Å². The number of carbonyl (C=O) groups is 1. The first-order valence-electron chi connectivity index (χ1n) is 4.55. The molecule has 0 spiro atoms. The molecule has 0 saturated carbocycles. The van der Waals surface area contributed by atoms with E-state index in [-0.39, 0.29) is 0 Å². The van der Waals surface area contributed by atoms with E-state index >= 15 is 0 Å². The Morgan fingerprint density at radius 1 is 1.33 bits per heavy atom. The molecule has 0 aliphatic carbocycles. The van der Waals surface area contributed by atoms with E-state index in [1.165, 1.54) is 0 Å². The van der Waals surface area contributed by atoms with Crippen LogP contribution in [-0.2, 0) is 7.05 Å². The minimum Gasteiger partial charge on any atom is -0.396 e. The third-order valence-electron chi connectivity index (χ3n) is 2.29. The maximum absolute atomic E-state index is 10.5. The molecule has 1 heterocycles. The first-order valence-corrected chi connectivity index (χ1v) is 4.55. The number of hydrogen-bond acceptors (Lipinski definition) is 3. The van der Waals surface area contributed by atoms with E-state index < -0.39 is 0 Å². The molecular formula is C11H11N3O. The highest BCUT2D eigenvalue weighted by molar-refractivity contribution is 5.78. The van der Waals surface area contributed by atoms with Crippen molar-refractivity contribution < 1.29 is 4.79 Å². The first-order chi connectivity index (χ1) is 7.22. The lowest BCUT2D eigenvalue weighted by molar-refractivity contribution is 0.112. The molecule has 0 saturated heterocycles. The molecule has 0 bridgehead atoms. The third-order valence-corrected chi connectivity index (χ3v) is 2.29. The van der Waals surface area contributed by atoms with Crippen LogP contribution < -0.4 is 5.73 Å². The molecule has 0 atom stereocenters. The Morgan fingerprint density at radius 2 is 2.00 bits per heavy atom. The Hall–Kier alpha value is -2.10. The first kappa shape index (κ1) is 9.45. The second-order valence-corrected chi connectivity index (χ2v) is 3.31. The molecule has 0 aliphatic rings. The predicted molar refractivity (Wildman–Crippen MR) is 58.4 cm³/mol. The summed E-state index contributed by atoms with van der Waals surface area (Å²) < 4.78 is 1.71. The molecular weight excluding hydrogens is 190 g/mol. The van der Waals surface area contributed by atoms with Gasteiger partial charge in [-0.3, -0.25) is 9.48 Å². The van der Waals surface area contributed by atoms with Crippen LogP contribution in [0.25, 0.3) is 11.3 Å². The van der Waals surface area contributed by atoms with Crippen LogP contribution in [0, 0.1) is 0 Å². The van der Waals surface area contributed by atoms with Gasteiger partial charge >= 0.3 is 0 Å². The van der Waals surface area contributed by atoms with Crippen molar-refractivity contribution in [2.45, 2.75) is 0 Å². The average molecular weight is 201 g/mol. The lowest BCUT2D eigenvalue weighted by Crippen LogP contribution is -1.95. The minimum absolute atomic E-state index is 0.636. The quantitative estimate of drug-likeness (QED) is 0.748. The fraction of sp³-hybridized carbons (Fsp3) is 0.0909. The highest BCUT2D eigenvalue weighted by atomic mass is 16.1. The summed E-state index contributed by atoms with van der Waals surface area (Å²) in [6.07, 6.45) is 2.43. The number of nitrogens with two attached hydrogens (primary N) is 1. The molecule has 0 amide bonds. The van der Waals surface area contributed by atoms with E-state index in [1.807, 2.05) is 19.2 Å². The van der Waals surface area contributed by atoms with Gasteiger partial charge < -0.3 is 5.73 Å². The number of nitrogen functional groups attached to an aromatic ring is 1. The number of aromatic nitrogens is 2. The van der Waals surface area contributed by atoms with Crippen LogP contribution in [-0.4, -0.2) is 16.1 Å². The molecule has 2 N–H and O–H groups in total. The van der Waals surface area contributed by atoms with E-state index in [1.54, 1.807) is 23.0 Å². The summed E-state index contributed by atoms with van der Waals surface area (Å²) in [5.74, 6) is 0. The van der Waals surface area contributed by atoms with E-state index in [0.29, 0.717) is 11.3 Å². The zero-order valence-corrected chi connectivity index (χ0v) is 8.34. The van der Waals surface area contributed by atoms with Gasteiger partial charge in [0.1, 0.15) is 6.29 Å². The SMILES string of the molecule is Cn1ncc(N)c1-c1ccc(C=O)cc1. The van der Waals surface area contributed by atoms with Crippen molar-refractivity contribution in [1.82, 2.24) is 9.78 Å². The average Bonchev–Trinajstić information content (AvgIpc) is 2.59. The van der Waals surface area contributed by atoms with Crippen molar-refractivity contribution in [1.29, 1.82) is 0 Å². The van der Waals surface area contributed by atoms with Crippen molar-refractivity contribution in [3.8, 4) is 11.3 Å². The predicted octanol–water partition coefficient (Wildman–Crippen LogP) is 1.48. The molecule has 76 valence electrons. The monoisotopic (exact) mass is 201 g/mol. The van der Waals surface area contributed by atoms with E-state index in [2.05, 4.69) is 5.10 Å². The Kier molecular flexibility index (Phi) is 2.25. The molecule has 4 nitrogen and oxygen atoms in total. The van der Waals surface area contributed by atoms with E-state index in [4.69, 9.17) is 5.73 Å². The normalized spacial score (nSPS) is 10.2. The Morgan fingerprint density at radius 3 is 2.47 bits per heavy atom. The van der Waals surface area contributed by atoms with Crippen LogP contribution in [0.15, 0.2) is 30.5 Å². The van der Waals surface area contributed by atoms with E-state index in [0.717, 1.165) is 17.5 Å². The Bertz CT molecular complexity index is 466. The van der Waals surface area contributed by atoms with Crippen molar-refractivity contribution in [2.75, 3.05) is 5.73 Å². The van der Waals surface area contributed by atoms with Gasteiger partial charge in [-0.15, -0.1) is 0 Å². The van der Waals surface area contributed by atoms with Gasteiger partial charge in [0.05, 0.1) is 17.6 Å². The number of carbonyl (C=O) groups excluding carboxylic acids is 1. The van der Waals surface area contributed by atoms with Crippen molar-refractivity contribution >= 4 is 12.0 Å². The molecule has 0 aliphatic heterocycles. The summed E-state index contributed by atoms with van der Waals surface area (Å²) in [7, 11) is 1.83. The number of anilines is 1.